The Morgan fingerprint density at radius 3 is 2.79 bits per heavy atom. The van der Waals surface area contributed by atoms with E-state index in [4.69, 9.17) is 9.63 Å². The number of nitrogens with zero attached hydrogens (tertiary/aromatic N) is 5. The summed E-state index contributed by atoms with van der Waals surface area (Å²) in [6, 6.07) is 0. The van der Waals surface area contributed by atoms with Crippen molar-refractivity contribution >= 4 is 5.97 Å². The smallest absolute Gasteiger partial charge is 0.358 e. The van der Waals surface area contributed by atoms with Crippen molar-refractivity contribution in [1.29, 1.82) is 0 Å². The van der Waals surface area contributed by atoms with E-state index in [1.807, 2.05) is 13.8 Å². The average Bonchev–Trinajstić information content (AvgIpc) is 2.98. The van der Waals surface area contributed by atoms with Gasteiger partial charge >= 0.3 is 5.97 Å². The number of aromatic nitrogens is 5. The van der Waals surface area contributed by atoms with Gasteiger partial charge in [0, 0.05) is 6.42 Å². The highest BCUT2D eigenvalue weighted by molar-refractivity contribution is 5.86. The highest BCUT2D eigenvalue weighted by atomic mass is 16.5. The van der Waals surface area contributed by atoms with E-state index in [1.54, 1.807) is 0 Å². The third kappa shape index (κ3) is 2.78. The lowest BCUT2D eigenvalue weighted by Crippen LogP contribution is -2.10. The third-order valence-electron chi connectivity index (χ3n) is 2.63. The maximum atomic E-state index is 11.0. The van der Waals surface area contributed by atoms with Gasteiger partial charge in [-0.05, 0) is 6.42 Å². The lowest BCUT2D eigenvalue weighted by Gasteiger charge is -2.02. The summed E-state index contributed by atoms with van der Waals surface area (Å²) in [6.45, 7) is 4.14. The fourth-order valence-corrected chi connectivity index (χ4v) is 1.74. The average molecular weight is 265 g/mol. The Morgan fingerprint density at radius 2 is 2.21 bits per heavy atom. The summed E-state index contributed by atoms with van der Waals surface area (Å²) in [5, 5.41) is 20.4. The van der Waals surface area contributed by atoms with Crippen LogP contribution in [0.3, 0.4) is 0 Å². The predicted molar refractivity (Wildman–Crippen MR) is 63.8 cm³/mol. The zero-order chi connectivity index (χ0) is 13.8. The van der Waals surface area contributed by atoms with Gasteiger partial charge in [-0.25, -0.2) is 9.48 Å². The molecule has 0 fully saturated rings. The van der Waals surface area contributed by atoms with Crippen LogP contribution in [-0.2, 0) is 19.4 Å². The molecule has 0 aliphatic heterocycles. The molecule has 0 aromatic carbocycles. The van der Waals surface area contributed by atoms with E-state index in [2.05, 4.69) is 20.5 Å². The number of hydrogen-bond donors (Lipinski definition) is 1. The van der Waals surface area contributed by atoms with E-state index in [9.17, 15) is 4.79 Å². The van der Waals surface area contributed by atoms with Crippen LogP contribution in [0.4, 0.5) is 0 Å². The summed E-state index contributed by atoms with van der Waals surface area (Å²) in [4.78, 5) is 15.2. The first kappa shape index (κ1) is 13.2. The van der Waals surface area contributed by atoms with E-state index < -0.39 is 5.97 Å². The lowest BCUT2D eigenvalue weighted by atomic mass is 10.2. The Balaban J connectivity index is 2.26. The molecule has 0 unspecified atom stereocenters. The van der Waals surface area contributed by atoms with Crippen LogP contribution in [0.1, 0.15) is 48.2 Å². The van der Waals surface area contributed by atoms with Crippen molar-refractivity contribution in [2.45, 2.75) is 39.7 Å². The second-order valence-corrected chi connectivity index (χ2v) is 4.06. The van der Waals surface area contributed by atoms with Gasteiger partial charge in [0.05, 0.1) is 5.69 Å². The minimum absolute atomic E-state index is 0.0129. The Kier molecular flexibility index (Phi) is 3.88. The van der Waals surface area contributed by atoms with Crippen molar-refractivity contribution in [1.82, 2.24) is 25.1 Å². The van der Waals surface area contributed by atoms with Gasteiger partial charge in [0.15, 0.2) is 11.5 Å². The number of hydrogen-bond acceptors (Lipinski definition) is 6. The topological polar surface area (TPSA) is 107 Å². The molecule has 0 radical (unpaired) electrons. The van der Waals surface area contributed by atoms with E-state index in [-0.39, 0.29) is 12.2 Å². The van der Waals surface area contributed by atoms with Crippen molar-refractivity contribution in [2.75, 3.05) is 0 Å². The van der Waals surface area contributed by atoms with Gasteiger partial charge in [0.25, 0.3) is 0 Å². The number of rotatable bonds is 6. The van der Waals surface area contributed by atoms with Crippen molar-refractivity contribution in [2.24, 2.45) is 0 Å². The molecule has 0 amide bonds. The van der Waals surface area contributed by atoms with Crippen molar-refractivity contribution < 1.29 is 14.4 Å². The van der Waals surface area contributed by atoms with Crippen molar-refractivity contribution in [3.8, 4) is 0 Å². The molecule has 19 heavy (non-hydrogen) atoms. The van der Waals surface area contributed by atoms with Gasteiger partial charge in [-0.1, -0.05) is 30.6 Å². The minimum Gasteiger partial charge on any atom is -0.476 e. The number of aromatic carboxylic acids is 1. The Labute approximate surface area is 109 Å². The monoisotopic (exact) mass is 265 g/mol. The van der Waals surface area contributed by atoms with Crippen molar-refractivity contribution in [3.05, 3.63) is 23.1 Å². The van der Waals surface area contributed by atoms with Crippen LogP contribution in [-0.4, -0.2) is 36.2 Å². The molecule has 0 saturated carbocycles. The lowest BCUT2D eigenvalue weighted by molar-refractivity contribution is 0.0689. The molecule has 8 heteroatoms. The SMILES string of the molecule is CCCc1c(C(=O)O)nnn1Cc1noc(CC)n1. The summed E-state index contributed by atoms with van der Waals surface area (Å²) in [5.41, 5.74) is 0.568. The van der Waals surface area contributed by atoms with Gasteiger partial charge in [-0.15, -0.1) is 5.10 Å². The van der Waals surface area contributed by atoms with Crippen molar-refractivity contribution in [3.63, 3.8) is 0 Å². The largest absolute Gasteiger partial charge is 0.476 e. The molecule has 2 heterocycles. The first-order chi connectivity index (χ1) is 9.15. The van der Waals surface area contributed by atoms with E-state index in [0.717, 1.165) is 6.42 Å². The summed E-state index contributed by atoms with van der Waals surface area (Å²) in [6.07, 6.45) is 2.06. The number of carbonyl (C=O) groups is 1. The number of carboxylic acids is 1. The zero-order valence-corrected chi connectivity index (χ0v) is 10.8. The Bertz CT molecular complexity index is 575. The number of aryl methyl sites for hydroxylation is 1. The Hall–Kier alpha value is -2.25. The molecular formula is C11H15N5O3. The fourth-order valence-electron chi connectivity index (χ4n) is 1.74. The second kappa shape index (κ2) is 5.59. The van der Waals surface area contributed by atoms with Crippen LogP contribution in [0.5, 0.6) is 0 Å². The predicted octanol–water partition coefficient (Wildman–Crippen LogP) is 0.923. The van der Waals surface area contributed by atoms with Crippen LogP contribution in [0.15, 0.2) is 4.52 Å². The van der Waals surface area contributed by atoms with Gasteiger partial charge < -0.3 is 9.63 Å². The van der Waals surface area contributed by atoms with Crippen LogP contribution >= 0.6 is 0 Å². The molecule has 0 saturated heterocycles. The summed E-state index contributed by atoms with van der Waals surface area (Å²) in [5.74, 6) is -0.0567. The molecule has 0 aliphatic rings. The highest BCUT2D eigenvalue weighted by Gasteiger charge is 2.19. The maximum Gasteiger partial charge on any atom is 0.358 e. The standard InChI is InChI=1S/C11H15N5O3/c1-3-5-7-10(11(17)18)13-15-16(7)6-8-12-9(4-2)19-14-8/h3-6H2,1-2H3,(H,17,18). The summed E-state index contributed by atoms with van der Waals surface area (Å²) in [7, 11) is 0. The van der Waals surface area contributed by atoms with Crippen LogP contribution < -0.4 is 0 Å². The molecule has 0 bridgehead atoms. The second-order valence-electron chi connectivity index (χ2n) is 4.06. The molecule has 8 nitrogen and oxygen atoms in total. The van der Waals surface area contributed by atoms with Gasteiger partial charge in [0.2, 0.25) is 5.89 Å². The molecular weight excluding hydrogens is 250 g/mol. The van der Waals surface area contributed by atoms with Crippen LogP contribution in [0.25, 0.3) is 0 Å². The molecule has 2 aromatic rings. The van der Waals surface area contributed by atoms with Gasteiger partial charge in [0.1, 0.15) is 6.54 Å². The number of carboxylic acid groups (broad SMARTS) is 1. The zero-order valence-electron chi connectivity index (χ0n) is 10.8. The van der Waals surface area contributed by atoms with Crippen LogP contribution in [0, 0.1) is 0 Å². The first-order valence-electron chi connectivity index (χ1n) is 6.12. The van der Waals surface area contributed by atoms with E-state index >= 15 is 0 Å². The fraction of sp³-hybridized carbons (Fsp3) is 0.545. The van der Waals surface area contributed by atoms with Gasteiger partial charge in [-0.3, -0.25) is 0 Å². The van der Waals surface area contributed by atoms with E-state index in [1.165, 1.54) is 4.68 Å². The van der Waals surface area contributed by atoms with Gasteiger partial charge in [-0.2, -0.15) is 4.98 Å². The molecule has 1 N–H and O–H groups in total. The quantitative estimate of drug-likeness (QED) is 0.827. The maximum absolute atomic E-state index is 11.0. The molecule has 0 spiro atoms. The molecule has 0 aliphatic carbocycles. The summed E-state index contributed by atoms with van der Waals surface area (Å²) >= 11 is 0. The Morgan fingerprint density at radius 1 is 1.42 bits per heavy atom. The molecule has 102 valence electrons. The minimum atomic E-state index is -1.07. The molecule has 2 aromatic heterocycles. The third-order valence-corrected chi connectivity index (χ3v) is 2.63. The summed E-state index contributed by atoms with van der Waals surface area (Å²) < 4.78 is 6.51. The van der Waals surface area contributed by atoms with E-state index in [0.29, 0.717) is 30.3 Å². The molecule has 0 atom stereocenters. The molecule has 2 rings (SSSR count). The van der Waals surface area contributed by atoms with Crippen LogP contribution in [0.2, 0.25) is 0 Å². The highest BCUT2D eigenvalue weighted by Crippen LogP contribution is 2.10. The normalized spacial score (nSPS) is 10.8. The first-order valence-corrected chi connectivity index (χ1v) is 6.12.